The Morgan fingerprint density at radius 1 is 1.65 bits per heavy atom. The highest BCUT2D eigenvalue weighted by Crippen LogP contribution is 2.17. The minimum atomic E-state index is -0.841. The highest BCUT2D eigenvalue weighted by molar-refractivity contribution is 5.97. The van der Waals surface area contributed by atoms with Crippen molar-refractivity contribution in [3.63, 3.8) is 0 Å². The third-order valence-electron chi connectivity index (χ3n) is 2.13. The number of carbonyl (C=O) groups is 2. The average Bonchev–Trinajstić information content (AvgIpc) is 2.58. The van der Waals surface area contributed by atoms with Crippen LogP contribution in [0.5, 0.6) is 0 Å². The maximum absolute atomic E-state index is 11.3. The van der Waals surface area contributed by atoms with Gasteiger partial charge in [-0.1, -0.05) is 0 Å². The summed E-state index contributed by atoms with van der Waals surface area (Å²) in [5, 5.41) is 22.6. The summed E-state index contributed by atoms with van der Waals surface area (Å²) in [5.41, 5.74) is 5.16. The number of urea groups is 1. The number of aliphatic hydroxyl groups is 2. The lowest BCUT2D eigenvalue weighted by molar-refractivity contribution is -0.106. The molecule has 17 heavy (non-hydrogen) atoms. The number of ether oxygens (including phenoxy) is 1. The van der Waals surface area contributed by atoms with Crippen molar-refractivity contribution < 1.29 is 24.5 Å². The second kappa shape index (κ2) is 6.13. The Balaban J connectivity index is 2.38. The minimum absolute atomic E-state index is 0.156. The zero-order valence-corrected chi connectivity index (χ0v) is 8.87. The Labute approximate surface area is 96.6 Å². The average molecular weight is 246 g/mol. The van der Waals surface area contributed by atoms with Crippen molar-refractivity contribution in [3.05, 3.63) is 0 Å². The van der Waals surface area contributed by atoms with Crippen LogP contribution in [0.4, 0.5) is 4.79 Å². The fraction of sp³-hybridized carbons (Fsp3) is 0.625. The van der Waals surface area contributed by atoms with E-state index in [2.05, 4.69) is 15.6 Å². The molecule has 0 aromatic rings. The molecular formula is C8H14N4O5. The second-order valence-electron chi connectivity index (χ2n) is 3.37. The van der Waals surface area contributed by atoms with Crippen LogP contribution in [0.3, 0.4) is 0 Å². The molecule has 1 saturated heterocycles. The first-order chi connectivity index (χ1) is 8.06. The number of nitrogens with zero attached hydrogens (tertiary/aromatic N) is 1. The molecule has 1 rings (SSSR count). The van der Waals surface area contributed by atoms with E-state index in [4.69, 9.17) is 15.6 Å². The summed E-state index contributed by atoms with van der Waals surface area (Å²) in [5.74, 6) is -0.352. The minimum Gasteiger partial charge on any atom is -0.394 e. The van der Waals surface area contributed by atoms with Crippen LogP contribution in [-0.4, -0.2) is 53.7 Å². The third kappa shape index (κ3) is 3.98. The highest BCUT2D eigenvalue weighted by atomic mass is 16.5. The van der Waals surface area contributed by atoms with Crippen LogP contribution in [0.2, 0.25) is 0 Å². The molecule has 3 atom stereocenters. The number of rotatable bonds is 3. The smallest absolute Gasteiger partial charge is 0.323 e. The molecule has 0 aliphatic carbocycles. The van der Waals surface area contributed by atoms with Crippen LogP contribution >= 0.6 is 0 Å². The van der Waals surface area contributed by atoms with E-state index in [1.54, 1.807) is 0 Å². The summed E-state index contributed by atoms with van der Waals surface area (Å²) in [4.78, 5) is 24.3. The zero-order valence-electron chi connectivity index (χ0n) is 8.87. The number of hydrogen-bond acceptors (Lipinski definition) is 5. The highest BCUT2D eigenvalue weighted by Gasteiger charge is 2.34. The Bertz CT molecular complexity index is 321. The maximum atomic E-state index is 11.3. The summed E-state index contributed by atoms with van der Waals surface area (Å²) in [6, 6.07) is -0.719. The topological polar surface area (TPSA) is 146 Å². The van der Waals surface area contributed by atoms with Crippen molar-refractivity contribution in [1.82, 2.24) is 10.6 Å². The van der Waals surface area contributed by atoms with E-state index in [9.17, 15) is 14.7 Å². The van der Waals surface area contributed by atoms with E-state index in [1.807, 2.05) is 0 Å². The van der Waals surface area contributed by atoms with Crippen LogP contribution in [0, 0.1) is 0 Å². The van der Waals surface area contributed by atoms with E-state index in [1.165, 1.54) is 0 Å². The second-order valence-corrected chi connectivity index (χ2v) is 3.37. The molecule has 0 saturated carbocycles. The summed E-state index contributed by atoms with van der Waals surface area (Å²) in [6.45, 7) is -0.338. The molecular weight excluding hydrogens is 232 g/mol. The third-order valence-corrected chi connectivity index (χ3v) is 2.13. The van der Waals surface area contributed by atoms with Crippen molar-refractivity contribution in [2.45, 2.75) is 24.9 Å². The van der Waals surface area contributed by atoms with Gasteiger partial charge in [-0.25, -0.2) is 4.79 Å². The number of nitrogens with two attached hydrogens (primary N) is 1. The zero-order chi connectivity index (χ0) is 12.8. The van der Waals surface area contributed by atoms with E-state index in [0.717, 1.165) is 0 Å². The van der Waals surface area contributed by atoms with Crippen molar-refractivity contribution >= 4 is 18.4 Å². The van der Waals surface area contributed by atoms with Gasteiger partial charge in [0, 0.05) is 6.42 Å². The lowest BCUT2D eigenvalue weighted by atomic mass is 10.2. The van der Waals surface area contributed by atoms with Crippen LogP contribution in [-0.2, 0) is 9.53 Å². The van der Waals surface area contributed by atoms with Gasteiger partial charge in [-0.2, -0.15) is 4.99 Å². The number of guanidine groups is 1. The molecule has 9 heteroatoms. The molecule has 0 spiro atoms. The summed E-state index contributed by atoms with van der Waals surface area (Å²) in [7, 11) is 0. The number of aliphatic hydroxyl groups excluding tert-OH is 2. The monoisotopic (exact) mass is 246 g/mol. The normalized spacial score (nSPS) is 28.8. The van der Waals surface area contributed by atoms with E-state index < -0.39 is 24.5 Å². The van der Waals surface area contributed by atoms with Crippen LogP contribution in [0.1, 0.15) is 6.42 Å². The number of nitrogens with one attached hydrogen (secondary N) is 2. The first-order valence-corrected chi connectivity index (χ1v) is 4.85. The molecule has 1 unspecified atom stereocenters. The Kier molecular flexibility index (Phi) is 4.82. The van der Waals surface area contributed by atoms with E-state index >= 15 is 0 Å². The number of hydrogen-bond donors (Lipinski definition) is 5. The van der Waals surface area contributed by atoms with Gasteiger partial charge in [0.25, 0.3) is 0 Å². The van der Waals surface area contributed by atoms with Gasteiger partial charge in [0.1, 0.15) is 12.3 Å². The molecule has 9 nitrogen and oxygen atoms in total. The van der Waals surface area contributed by atoms with E-state index in [0.29, 0.717) is 0 Å². The van der Waals surface area contributed by atoms with Crippen molar-refractivity contribution in [1.29, 1.82) is 0 Å². The fourth-order valence-corrected chi connectivity index (χ4v) is 1.37. The number of aliphatic imine (C=N–C) groups is 1. The quantitative estimate of drug-likeness (QED) is 0.207. The van der Waals surface area contributed by atoms with Crippen molar-refractivity contribution in [2.24, 2.45) is 10.7 Å². The van der Waals surface area contributed by atoms with Crippen LogP contribution in [0.15, 0.2) is 4.99 Å². The molecule has 1 aliphatic rings. The van der Waals surface area contributed by atoms with Gasteiger partial charge in [-0.3, -0.25) is 10.1 Å². The first-order valence-electron chi connectivity index (χ1n) is 4.85. The van der Waals surface area contributed by atoms with Gasteiger partial charge in [0.05, 0.1) is 12.7 Å². The van der Waals surface area contributed by atoms with Gasteiger partial charge in [0.2, 0.25) is 12.4 Å². The molecule has 1 fully saturated rings. The predicted molar refractivity (Wildman–Crippen MR) is 55.7 cm³/mol. The Hall–Kier alpha value is -1.71. The predicted octanol–water partition coefficient (Wildman–Crippen LogP) is -2.78. The summed E-state index contributed by atoms with van der Waals surface area (Å²) >= 11 is 0. The number of carbonyl (C=O) groups excluding carboxylic acids is 2. The molecule has 1 heterocycles. The van der Waals surface area contributed by atoms with Crippen molar-refractivity contribution in [2.75, 3.05) is 6.61 Å². The number of amides is 3. The molecule has 96 valence electrons. The summed E-state index contributed by atoms with van der Waals surface area (Å²) in [6.07, 6.45) is -1.95. The molecule has 0 radical (unpaired) electrons. The lowest BCUT2D eigenvalue weighted by Gasteiger charge is -2.13. The standard InChI is InChI=1S/C8H14N4O5/c9-7(10-3-14)12-8(16)11-6-1-4(15)5(2-13)17-6/h3-6,13,15H,1-2H2,(H4,9,10,11,12,14,16)/t4-,5+,6?/m0/s1. The van der Waals surface area contributed by atoms with Crippen LogP contribution in [0.25, 0.3) is 0 Å². The molecule has 6 N–H and O–H groups in total. The van der Waals surface area contributed by atoms with Gasteiger partial charge in [0.15, 0.2) is 0 Å². The summed E-state index contributed by atoms with van der Waals surface area (Å²) < 4.78 is 5.11. The molecule has 0 bridgehead atoms. The largest absolute Gasteiger partial charge is 0.394 e. The van der Waals surface area contributed by atoms with Crippen LogP contribution < -0.4 is 16.4 Å². The Morgan fingerprint density at radius 2 is 2.35 bits per heavy atom. The maximum Gasteiger partial charge on any atom is 0.323 e. The van der Waals surface area contributed by atoms with E-state index in [-0.39, 0.29) is 25.4 Å². The van der Waals surface area contributed by atoms with Gasteiger partial charge >= 0.3 is 6.03 Å². The van der Waals surface area contributed by atoms with Crippen molar-refractivity contribution in [3.8, 4) is 0 Å². The Morgan fingerprint density at radius 3 is 2.88 bits per heavy atom. The fourth-order valence-electron chi connectivity index (χ4n) is 1.37. The first kappa shape index (κ1) is 13.4. The van der Waals surface area contributed by atoms with Gasteiger partial charge in [-0.05, 0) is 0 Å². The molecule has 3 amide bonds. The lowest BCUT2D eigenvalue weighted by Crippen LogP contribution is -2.47. The molecule has 0 aromatic carbocycles. The van der Waals surface area contributed by atoms with Gasteiger partial charge < -0.3 is 26.0 Å². The van der Waals surface area contributed by atoms with Gasteiger partial charge in [-0.15, -0.1) is 0 Å². The molecule has 1 aliphatic heterocycles. The molecule has 0 aromatic heterocycles. The SMILES string of the molecule is NC(=NC=O)NC(=O)NC1C[C@H](O)[C@@H](CO)O1.